The number of aromatic amines is 1. The molecule has 1 aromatic heterocycles. The molecule has 1 aromatic rings. The fraction of sp³-hybridized carbons (Fsp3) is 0.529. The normalized spacial score (nSPS) is 12.4. The van der Waals surface area contributed by atoms with Crippen LogP contribution in [-0.4, -0.2) is 46.3 Å². The summed E-state index contributed by atoms with van der Waals surface area (Å²) in [6.45, 7) is 6.37. The zero-order valence-electron chi connectivity index (χ0n) is 16.9. The van der Waals surface area contributed by atoms with Crippen molar-refractivity contribution >= 4 is 31.7 Å². The van der Waals surface area contributed by atoms with Crippen LogP contribution >= 0.6 is 19.4 Å². The molecule has 1 rings (SSSR count). The number of rotatable bonds is 9. The largest absolute Gasteiger partial charge is 0.512 e. The zero-order chi connectivity index (χ0) is 22.8. The second-order valence-electron chi connectivity index (χ2n) is 6.43. The molecule has 0 aliphatic carbocycles. The van der Waals surface area contributed by atoms with Crippen LogP contribution in [0, 0.1) is 0 Å². The summed E-state index contributed by atoms with van der Waals surface area (Å²) in [6, 6.07) is -1.69. The molecule has 1 atom stereocenters. The number of nitrogens with one attached hydrogen (secondary N) is 1. The minimum absolute atomic E-state index is 0.0294. The molecule has 0 bridgehead atoms. The molecule has 0 aliphatic heterocycles. The average Bonchev–Trinajstić information content (AvgIpc) is 2.60. The van der Waals surface area contributed by atoms with Crippen LogP contribution in [-0.2, 0) is 30.1 Å². The lowest BCUT2D eigenvalue weighted by atomic mass is 10.5. The van der Waals surface area contributed by atoms with Crippen LogP contribution in [0.3, 0.4) is 0 Å². The number of carbonyl (C=O) groups excluding carboxylic acids is 2. The SMILES string of the molecule is CC(C)OC(=O)OC(OC(=O)OC(C)C)[PH](=O)C/C=C\Cn1cc(Cl)c(=O)[nH]c1=O. The van der Waals surface area contributed by atoms with Gasteiger partial charge in [-0.15, -0.1) is 0 Å². The number of H-pyrrole nitrogens is 1. The van der Waals surface area contributed by atoms with Crippen LogP contribution in [0.15, 0.2) is 27.9 Å². The van der Waals surface area contributed by atoms with Crippen molar-refractivity contribution in [2.24, 2.45) is 0 Å². The molecule has 0 spiro atoms. The molecule has 13 heteroatoms. The minimum Gasteiger partial charge on any atom is -0.431 e. The summed E-state index contributed by atoms with van der Waals surface area (Å²) >= 11 is 5.67. The Bertz CT molecular complexity index is 883. The van der Waals surface area contributed by atoms with Crippen molar-refractivity contribution in [1.29, 1.82) is 0 Å². The third-order valence-corrected chi connectivity index (χ3v) is 4.76. The maximum Gasteiger partial charge on any atom is 0.512 e. The summed E-state index contributed by atoms with van der Waals surface area (Å²) in [4.78, 5) is 48.3. The highest BCUT2D eigenvalue weighted by molar-refractivity contribution is 7.45. The molecule has 0 saturated heterocycles. The highest BCUT2D eigenvalue weighted by Crippen LogP contribution is 2.31. The van der Waals surface area contributed by atoms with Crippen molar-refractivity contribution in [3.8, 4) is 0 Å². The van der Waals surface area contributed by atoms with Gasteiger partial charge in [-0.3, -0.25) is 14.3 Å². The molecular weight excluding hydrogens is 443 g/mol. The van der Waals surface area contributed by atoms with E-state index in [0.29, 0.717) is 0 Å². The standard InChI is InChI=1S/C17H24ClN2O9P/c1-10(2)26-15(23)28-17(29-16(24)27-11(3)4)30(25)8-6-5-7-20-9-12(18)13(21)19-14(20)22/h5-6,9-11,17,30H,7-8H2,1-4H3,(H,19,21,22)/b6-5-. The molecular formula is C17H24ClN2O9P. The van der Waals surface area contributed by atoms with Gasteiger partial charge < -0.3 is 23.5 Å². The minimum atomic E-state index is -2.82. The van der Waals surface area contributed by atoms with E-state index in [1.165, 1.54) is 12.2 Å². The Balaban J connectivity index is 2.77. The van der Waals surface area contributed by atoms with E-state index >= 15 is 0 Å². The first kappa shape index (κ1) is 25.5. The van der Waals surface area contributed by atoms with Gasteiger partial charge in [0.1, 0.15) is 5.02 Å². The van der Waals surface area contributed by atoms with Crippen molar-refractivity contribution < 1.29 is 33.1 Å². The number of halogens is 1. The number of ether oxygens (including phenoxy) is 4. The Hall–Kier alpha value is -2.52. The quantitative estimate of drug-likeness (QED) is 0.251. The summed E-state index contributed by atoms with van der Waals surface area (Å²) in [5.74, 6) is 0. The topological polar surface area (TPSA) is 143 Å². The van der Waals surface area contributed by atoms with Crippen LogP contribution in [0.2, 0.25) is 5.02 Å². The molecule has 168 valence electrons. The van der Waals surface area contributed by atoms with Gasteiger partial charge in [0.25, 0.3) is 5.56 Å². The molecule has 0 aliphatic rings. The van der Waals surface area contributed by atoms with Crippen LogP contribution < -0.4 is 11.2 Å². The van der Waals surface area contributed by atoms with Crippen molar-refractivity contribution in [2.75, 3.05) is 6.16 Å². The van der Waals surface area contributed by atoms with Gasteiger partial charge in [-0.2, -0.15) is 0 Å². The van der Waals surface area contributed by atoms with Crippen LogP contribution in [0.1, 0.15) is 27.7 Å². The summed E-state index contributed by atoms with van der Waals surface area (Å²) in [7, 11) is -2.82. The number of hydrogen-bond donors (Lipinski definition) is 1. The van der Waals surface area contributed by atoms with E-state index in [9.17, 15) is 23.7 Å². The van der Waals surface area contributed by atoms with Gasteiger partial charge in [0, 0.05) is 18.9 Å². The predicted octanol–water partition coefficient (Wildman–Crippen LogP) is 2.71. The number of nitrogens with zero attached hydrogens (tertiary/aromatic N) is 1. The van der Waals surface area contributed by atoms with E-state index in [2.05, 4.69) is 0 Å². The third-order valence-electron chi connectivity index (χ3n) is 3.09. The fourth-order valence-electron chi connectivity index (χ4n) is 1.87. The number of carbonyl (C=O) groups is 2. The Morgan fingerprint density at radius 3 is 2.10 bits per heavy atom. The Morgan fingerprint density at radius 2 is 1.60 bits per heavy atom. The first-order chi connectivity index (χ1) is 14.0. The first-order valence-electron chi connectivity index (χ1n) is 8.91. The Labute approximate surface area is 177 Å². The summed E-state index contributed by atoms with van der Waals surface area (Å²) in [5.41, 5.74) is -1.37. The second kappa shape index (κ2) is 12.2. The molecule has 30 heavy (non-hydrogen) atoms. The first-order valence-corrected chi connectivity index (χ1v) is 11.0. The fourth-order valence-corrected chi connectivity index (χ4v) is 3.08. The highest BCUT2D eigenvalue weighted by atomic mass is 35.5. The van der Waals surface area contributed by atoms with Gasteiger partial charge in [0.15, 0.2) is 7.80 Å². The average molecular weight is 467 g/mol. The zero-order valence-corrected chi connectivity index (χ0v) is 18.6. The van der Waals surface area contributed by atoms with Crippen molar-refractivity contribution in [3.05, 3.63) is 44.2 Å². The summed E-state index contributed by atoms with van der Waals surface area (Å²) in [6.07, 6.45) is 0.673. The van der Waals surface area contributed by atoms with E-state index < -0.39 is 49.6 Å². The summed E-state index contributed by atoms with van der Waals surface area (Å²) < 4.78 is 32.9. The third kappa shape index (κ3) is 9.32. The van der Waals surface area contributed by atoms with Gasteiger partial charge >= 0.3 is 24.0 Å². The number of aromatic nitrogens is 2. The van der Waals surface area contributed by atoms with Crippen molar-refractivity contribution in [1.82, 2.24) is 9.55 Å². The molecule has 0 amide bonds. The molecule has 0 radical (unpaired) electrons. The second-order valence-corrected chi connectivity index (χ2v) is 8.65. The molecule has 1 N–H and O–H groups in total. The molecule has 1 heterocycles. The molecule has 0 aromatic carbocycles. The molecule has 0 saturated carbocycles. The van der Waals surface area contributed by atoms with Gasteiger partial charge in [0.05, 0.1) is 12.2 Å². The number of hydrogen-bond acceptors (Lipinski definition) is 9. The summed E-state index contributed by atoms with van der Waals surface area (Å²) in [5, 5.41) is -0.161. The number of allylic oxidation sites excluding steroid dienone is 2. The van der Waals surface area contributed by atoms with E-state index in [1.54, 1.807) is 27.7 Å². The van der Waals surface area contributed by atoms with E-state index in [1.807, 2.05) is 4.98 Å². The van der Waals surface area contributed by atoms with Gasteiger partial charge in [0.2, 0.25) is 0 Å². The monoisotopic (exact) mass is 466 g/mol. The van der Waals surface area contributed by atoms with Crippen LogP contribution in [0.4, 0.5) is 9.59 Å². The maximum atomic E-state index is 12.5. The van der Waals surface area contributed by atoms with Gasteiger partial charge in [-0.1, -0.05) is 23.8 Å². The van der Waals surface area contributed by atoms with Crippen molar-refractivity contribution in [3.63, 3.8) is 0 Å². The van der Waals surface area contributed by atoms with E-state index in [4.69, 9.17) is 30.5 Å². The van der Waals surface area contributed by atoms with E-state index in [-0.39, 0.29) is 17.7 Å². The van der Waals surface area contributed by atoms with Crippen molar-refractivity contribution in [2.45, 2.75) is 52.5 Å². The van der Waals surface area contributed by atoms with Gasteiger partial charge in [-0.25, -0.2) is 14.4 Å². The van der Waals surface area contributed by atoms with E-state index in [0.717, 1.165) is 10.8 Å². The smallest absolute Gasteiger partial charge is 0.431 e. The maximum absolute atomic E-state index is 12.5. The lowest BCUT2D eigenvalue weighted by Gasteiger charge is -2.18. The van der Waals surface area contributed by atoms with Crippen LogP contribution in [0.25, 0.3) is 0 Å². The predicted molar refractivity (Wildman–Crippen MR) is 109 cm³/mol. The Morgan fingerprint density at radius 1 is 1.07 bits per heavy atom. The lowest BCUT2D eigenvalue weighted by molar-refractivity contribution is -0.0715. The van der Waals surface area contributed by atoms with Gasteiger partial charge in [-0.05, 0) is 27.7 Å². The lowest BCUT2D eigenvalue weighted by Crippen LogP contribution is -2.29. The van der Waals surface area contributed by atoms with Crippen LogP contribution in [0.5, 0.6) is 0 Å². The Kier molecular flexibility index (Phi) is 10.4. The molecule has 0 fully saturated rings. The highest BCUT2D eigenvalue weighted by Gasteiger charge is 2.27. The molecule has 1 unspecified atom stereocenters. The molecule has 11 nitrogen and oxygen atoms in total.